The summed E-state index contributed by atoms with van der Waals surface area (Å²) in [6.45, 7) is -0.331. The van der Waals surface area contributed by atoms with Gasteiger partial charge >= 0.3 is 6.18 Å². The van der Waals surface area contributed by atoms with E-state index in [2.05, 4.69) is 5.32 Å². The van der Waals surface area contributed by atoms with E-state index in [9.17, 15) is 22.7 Å². The SMILES string of the molecule is OCC(Nc1cccc(F)c1)c1ccc(C(F)(F)F)cc1. The van der Waals surface area contributed by atoms with Crippen molar-refractivity contribution >= 4 is 5.69 Å². The summed E-state index contributed by atoms with van der Waals surface area (Å²) in [5, 5.41) is 12.2. The molecule has 0 aromatic heterocycles. The van der Waals surface area contributed by atoms with Crippen molar-refractivity contribution in [2.45, 2.75) is 12.2 Å². The van der Waals surface area contributed by atoms with Gasteiger partial charge < -0.3 is 10.4 Å². The Balaban J connectivity index is 2.18. The highest BCUT2D eigenvalue weighted by Gasteiger charge is 2.30. The Morgan fingerprint density at radius 1 is 1.05 bits per heavy atom. The van der Waals surface area contributed by atoms with E-state index in [1.807, 2.05) is 0 Å². The number of nitrogens with one attached hydrogen (secondary N) is 1. The fourth-order valence-electron chi connectivity index (χ4n) is 1.92. The van der Waals surface area contributed by atoms with Gasteiger partial charge in [0, 0.05) is 5.69 Å². The highest BCUT2D eigenvalue weighted by atomic mass is 19.4. The fourth-order valence-corrected chi connectivity index (χ4v) is 1.92. The summed E-state index contributed by atoms with van der Waals surface area (Å²) in [7, 11) is 0. The molecule has 0 amide bonds. The molecule has 2 aromatic rings. The van der Waals surface area contributed by atoms with Gasteiger partial charge in [-0.3, -0.25) is 0 Å². The van der Waals surface area contributed by atoms with Crippen LogP contribution < -0.4 is 5.32 Å². The molecule has 2 nitrogen and oxygen atoms in total. The molecule has 0 bridgehead atoms. The van der Waals surface area contributed by atoms with Crippen LogP contribution in [0.15, 0.2) is 48.5 Å². The summed E-state index contributed by atoms with van der Waals surface area (Å²) in [6.07, 6.45) is -4.40. The molecule has 0 aliphatic heterocycles. The third kappa shape index (κ3) is 3.95. The predicted octanol–water partition coefficient (Wildman–Crippen LogP) is 3.99. The van der Waals surface area contributed by atoms with Crippen molar-refractivity contribution in [1.82, 2.24) is 0 Å². The van der Waals surface area contributed by atoms with Crippen molar-refractivity contribution in [3.8, 4) is 0 Å². The summed E-state index contributed by atoms with van der Waals surface area (Å²) in [4.78, 5) is 0. The lowest BCUT2D eigenvalue weighted by Crippen LogP contribution is -2.15. The largest absolute Gasteiger partial charge is 0.416 e. The second-order valence-electron chi connectivity index (χ2n) is 4.51. The Bertz CT molecular complexity index is 595. The first-order valence-electron chi connectivity index (χ1n) is 6.20. The van der Waals surface area contributed by atoms with Crippen LogP contribution in [0.25, 0.3) is 0 Å². The van der Waals surface area contributed by atoms with Crippen molar-refractivity contribution < 1.29 is 22.7 Å². The van der Waals surface area contributed by atoms with Gasteiger partial charge in [-0.25, -0.2) is 4.39 Å². The number of aliphatic hydroxyl groups is 1. The number of alkyl halides is 3. The van der Waals surface area contributed by atoms with Crippen molar-refractivity contribution in [1.29, 1.82) is 0 Å². The number of hydrogen-bond donors (Lipinski definition) is 2. The number of hydrogen-bond acceptors (Lipinski definition) is 2. The van der Waals surface area contributed by atoms with E-state index in [1.54, 1.807) is 6.07 Å². The van der Waals surface area contributed by atoms with Crippen molar-refractivity contribution in [3.63, 3.8) is 0 Å². The molecule has 0 spiro atoms. The molecule has 112 valence electrons. The van der Waals surface area contributed by atoms with Crippen LogP contribution in [0.4, 0.5) is 23.2 Å². The topological polar surface area (TPSA) is 32.3 Å². The zero-order chi connectivity index (χ0) is 15.5. The number of rotatable bonds is 4. The van der Waals surface area contributed by atoms with E-state index in [0.717, 1.165) is 12.1 Å². The summed E-state index contributed by atoms with van der Waals surface area (Å²) >= 11 is 0. The van der Waals surface area contributed by atoms with Crippen LogP contribution in [0.5, 0.6) is 0 Å². The fraction of sp³-hybridized carbons (Fsp3) is 0.200. The molecule has 6 heteroatoms. The maximum atomic E-state index is 13.1. The van der Waals surface area contributed by atoms with Crippen LogP contribution in [0, 0.1) is 5.82 Å². The Hall–Kier alpha value is -2.08. The maximum Gasteiger partial charge on any atom is 0.416 e. The average Bonchev–Trinajstić information content (AvgIpc) is 2.44. The van der Waals surface area contributed by atoms with E-state index in [-0.39, 0.29) is 6.61 Å². The Morgan fingerprint density at radius 2 is 1.71 bits per heavy atom. The van der Waals surface area contributed by atoms with Gasteiger partial charge in [-0.2, -0.15) is 13.2 Å². The second-order valence-corrected chi connectivity index (χ2v) is 4.51. The van der Waals surface area contributed by atoms with Gasteiger partial charge in [0.1, 0.15) is 5.82 Å². The van der Waals surface area contributed by atoms with E-state index in [0.29, 0.717) is 11.3 Å². The molecule has 21 heavy (non-hydrogen) atoms. The first-order valence-corrected chi connectivity index (χ1v) is 6.20. The number of benzene rings is 2. The van der Waals surface area contributed by atoms with Gasteiger partial charge in [-0.05, 0) is 35.9 Å². The van der Waals surface area contributed by atoms with Crippen molar-refractivity contribution in [2.24, 2.45) is 0 Å². The lowest BCUT2D eigenvalue weighted by Gasteiger charge is -2.18. The lowest BCUT2D eigenvalue weighted by molar-refractivity contribution is -0.137. The first-order chi connectivity index (χ1) is 9.90. The minimum absolute atomic E-state index is 0.331. The van der Waals surface area contributed by atoms with Crippen LogP contribution in [0.3, 0.4) is 0 Å². The molecule has 0 fully saturated rings. The number of halogens is 4. The summed E-state index contributed by atoms with van der Waals surface area (Å²) in [5.74, 6) is -0.441. The molecule has 2 aromatic carbocycles. The highest BCUT2D eigenvalue weighted by Crippen LogP contribution is 2.30. The smallest absolute Gasteiger partial charge is 0.394 e. The van der Waals surface area contributed by atoms with Crippen LogP contribution in [0.1, 0.15) is 17.2 Å². The minimum Gasteiger partial charge on any atom is -0.394 e. The predicted molar refractivity (Wildman–Crippen MR) is 71.3 cm³/mol. The van der Waals surface area contributed by atoms with Gasteiger partial charge in [0.15, 0.2) is 0 Å². The third-order valence-electron chi connectivity index (χ3n) is 2.99. The molecule has 0 aliphatic rings. The van der Waals surface area contributed by atoms with Gasteiger partial charge in [0.2, 0.25) is 0 Å². The molecular formula is C15H13F4NO. The van der Waals surface area contributed by atoms with E-state index < -0.39 is 23.6 Å². The van der Waals surface area contributed by atoms with E-state index in [1.165, 1.54) is 30.3 Å². The Morgan fingerprint density at radius 3 is 2.24 bits per heavy atom. The molecule has 0 saturated heterocycles. The molecule has 2 rings (SSSR count). The quantitative estimate of drug-likeness (QED) is 0.837. The standard InChI is InChI=1S/C15H13F4NO/c16-12-2-1-3-13(8-12)20-14(9-21)10-4-6-11(7-5-10)15(17,18)19/h1-8,14,20-21H,9H2. The zero-order valence-electron chi connectivity index (χ0n) is 10.9. The third-order valence-corrected chi connectivity index (χ3v) is 2.99. The molecule has 0 radical (unpaired) electrons. The first kappa shape index (κ1) is 15.3. The van der Waals surface area contributed by atoms with E-state index >= 15 is 0 Å². The lowest BCUT2D eigenvalue weighted by atomic mass is 10.0. The van der Waals surface area contributed by atoms with Crippen LogP contribution in [-0.4, -0.2) is 11.7 Å². The number of aliphatic hydroxyl groups excluding tert-OH is 1. The van der Waals surface area contributed by atoms with E-state index in [4.69, 9.17) is 0 Å². The molecular weight excluding hydrogens is 286 g/mol. The summed E-state index contributed by atoms with van der Waals surface area (Å²) in [5.41, 5.74) is 0.164. The molecule has 1 atom stereocenters. The molecule has 1 unspecified atom stereocenters. The summed E-state index contributed by atoms with van der Waals surface area (Å²) < 4.78 is 50.5. The molecule has 0 aliphatic carbocycles. The molecule has 0 saturated carbocycles. The van der Waals surface area contributed by atoms with Gasteiger partial charge in [0.05, 0.1) is 18.2 Å². The Kier molecular flexibility index (Phi) is 4.47. The zero-order valence-corrected chi connectivity index (χ0v) is 10.9. The van der Waals surface area contributed by atoms with Gasteiger partial charge in [-0.15, -0.1) is 0 Å². The Labute approximate surface area is 119 Å². The monoisotopic (exact) mass is 299 g/mol. The number of anilines is 1. The van der Waals surface area contributed by atoms with Crippen LogP contribution in [-0.2, 0) is 6.18 Å². The molecule has 0 heterocycles. The van der Waals surface area contributed by atoms with Crippen molar-refractivity contribution in [3.05, 3.63) is 65.5 Å². The summed E-state index contributed by atoms with van der Waals surface area (Å²) in [6, 6.07) is 9.48. The molecule has 2 N–H and O–H groups in total. The van der Waals surface area contributed by atoms with Crippen LogP contribution in [0.2, 0.25) is 0 Å². The van der Waals surface area contributed by atoms with Crippen molar-refractivity contribution in [2.75, 3.05) is 11.9 Å². The van der Waals surface area contributed by atoms with Crippen LogP contribution >= 0.6 is 0 Å². The minimum atomic E-state index is -4.40. The average molecular weight is 299 g/mol. The highest BCUT2D eigenvalue weighted by molar-refractivity contribution is 5.46. The van der Waals surface area contributed by atoms with Gasteiger partial charge in [-0.1, -0.05) is 18.2 Å². The maximum absolute atomic E-state index is 13.1. The normalized spacial score (nSPS) is 13.0. The van der Waals surface area contributed by atoms with Gasteiger partial charge in [0.25, 0.3) is 0 Å². The second kappa shape index (κ2) is 6.13.